The van der Waals surface area contributed by atoms with Gasteiger partial charge in [-0.25, -0.2) is 4.98 Å². The maximum absolute atomic E-state index is 13.1. The number of carbonyl (C=O) groups is 2. The number of pyridine rings is 1. The van der Waals surface area contributed by atoms with Gasteiger partial charge in [-0.2, -0.15) is 0 Å². The summed E-state index contributed by atoms with van der Waals surface area (Å²) in [5.41, 5.74) is 1.07. The second kappa shape index (κ2) is 7.45. The van der Waals surface area contributed by atoms with Crippen molar-refractivity contribution in [3.05, 3.63) is 35.9 Å². The molecule has 2 aromatic heterocycles. The number of hydrogen-bond donors (Lipinski definition) is 0. The summed E-state index contributed by atoms with van der Waals surface area (Å²) in [5, 5.41) is 0. The number of hydrogen-bond acceptors (Lipinski definition) is 4. The number of fused-ring (bicyclic) bond motifs is 1. The molecule has 2 aromatic rings. The van der Waals surface area contributed by atoms with Gasteiger partial charge in [0.25, 0.3) is 11.8 Å². The third-order valence-electron chi connectivity index (χ3n) is 5.13. The number of ether oxygens (including phenoxy) is 1. The lowest BCUT2D eigenvalue weighted by atomic mass is 10.2. The average molecular weight is 356 g/mol. The zero-order chi connectivity index (χ0) is 17.9. The molecule has 2 aliphatic rings. The van der Waals surface area contributed by atoms with Crippen molar-refractivity contribution in [2.24, 2.45) is 0 Å². The van der Waals surface area contributed by atoms with E-state index in [1.54, 1.807) is 15.5 Å². The van der Waals surface area contributed by atoms with Gasteiger partial charge in [0.05, 0.1) is 18.7 Å². The molecule has 2 fully saturated rings. The minimum atomic E-state index is -0.149. The van der Waals surface area contributed by atoms with Crippen LogP contribution in [0.1, 0.15) is 46.8 Å². The molecule has 0 aromatic carbocycles. The average Bonchev–Trinajstić information content (AvgIpc) is 2.87. The fraction of sp³-hybridized carbons (Fsp3) is 0.526. The molecule has 7 heteroatoms. The number of imidazole rings is 1. The molecule has 4 rings (SSSR count). The fourth-order valence-corrected chi connectivity index (χ4v) is 3.68. The van der Waals surface area contributed by atoms with E-state index in [2.05, 4.69) is 4.98 Å². The Kier molecular flexibility index (Phi) is 4.88. The summed E-state index contributed by atoms with van der Waals surface area (Å²) in [6.45, 7) is 3.70. The van der Waals surface area contributed by atoms with E-state index >= 15 is 0 Å². The first kappa shape index (κ1) is 17.0. The molecule has 0 aliphatic carbocycles. The van der Waals surface area contributed by atoms with Crippen LogP contribution in [0.15, 0.2) is 24.4 Å². The second-order valence-corrected chi connectivity index (χ2v) is 6.85. The molecule has 2 saturated heterocycles. The molecule has 0 saturated carbocycles. The monoisotopic (exact) mass is 356 g/mol. The molecule has 0 atom stereocenters. The smallest absolute Gasteiger partial charge is 0.290 e. The van der Waals surface area contributed by atoms with E-state index in [1.165, 1.54) is 0 Å². The number of rotatable bonds is 2. The molecular formula is C19H24N4O3. The van der Waals surface area contributed by atoms with Gasteiger partial charge in [0.15, 0.2) is 5.69 Å². The Balaban J connectivity index is 1.69. The lowest BCUT2D eigenvalue weighted by Crippen LogP contribution is -2.41. The van der Waals surface area contributed by atoms with Crippen LogP contribution in [-0.4, -0.2) is 70.4 Å². The Morgan fingerprint density at radius 2 is 1.58 bits per heavy atom. The van der Waals surface area contributed by atoms with Gasteiger partial charge < -0.3 is 14.5 Å². The van der Waals surface area contributed by atoms with Gasteiger partial charge >= 0.3 is 0 Å². The zero-order valence-electron chi connectivity index (χ0n) is 14.9. The van der Waals surface area contributed by atoms with E-state index in [9.17, 15) is 9.59 Å². The van der Waals surface area contributed by atoms with Crippen LogP contribution in [0.3, 0.4) is 0 Å². The van der Waals surface area contributed by atoms with Crippen LogP contribution < -0.4 is 0 Å². The Hall–Kier alpha value is -2.41. The summed E-state index contributed by atoms with van der Waals surface area (Å²) in [6.07, 6.45) is 6.17. The van der Waals surface area contributed by atoms with Crippen LogP contribution in [-0.2, 0) is 4.74 Å². The van der Waals surface area contributed by atoms with Gasteiger partial charge in [0.2, 0.25) is 5.82 Å². The van der Waals surface area contributed by atoms with Crippen molar-refractivity contribution in [3.63, 3.8) is 0 Å². The number of morpholine rings is 1. The van der Waals surface area contributed by atoms with Crippen molar-refractivity contribution in [2.45, 2.75) is 25.7 Å². The molecule has 0 unspecified atom stereocenters. The molecule has 2 amide bonds. The van der Waals surface area contributed by atoms with Crippen LogP contribution in [0.4, 0.5) is 0 Å². The maximum atomic E-state index is 13.1. The summed E-state index contributed by atoms with van der Waals surface area (Å²) in [5.74, 6) is 0.0849. The summed E-state index contributed by atoms with van der Waals surface area (Å²) >= 11 is 0. The Bertz CT molecular complexity index is 802. The van der Waals surface area contributed by atoms with Crippen LogP contribution >= 0.6 is 0 Å². The second-order valence-electron chi connectivity index (χ2n) is 6.85. The van der Waals surface area contributed by atoms with E-state index < -0.39 is 0 Å². The van der Waals surface area contributed by atoms with Crippen molar-refractivity contribution in [1.82, 2.24) is 19.2 Å². The molecule has 138 valence electrons. The summed E-state index contributed by atoms with van der Waals surface area (Å²) in [4.78, 5) is 34.2. The first-order chi connectivity index (χ1) is 12.8. The highest BCUT2D eigenvalue weighted by Gasteiger charge is 2.28. The molecule has 0 radical (unpaired) electrons. The molecule has 2 aliphatic heterocycles. The molecule has 26 heavy (non-hydrogen) atoms. The van der Waals surface area contributed by atoms with Crippen molar-refractivity contribution in [1.29, 1.82) is 0 Å². The highest BCUT2D eigenvalue weighted by atomic mass is 16.5. The summed E-state index contributed by atoms with van der Waals surface area (Å²) in [6, 6.07) is 5.58. The normalized spacial score (nSPS) is 18.8. The summed E-state index contributed by atoms with van der Waals surface area (Å²) in [7, 11) is 0. The fourth-order valence-electron chi connectivity index (χ4n) is 3.68. The number of nitrogens with zero attached hydrogens (tertiary/aromatic N) is 4. The lowest BCUT2D eigenvalue weighted by molar-refractivity contribution is 0.0294. The van der Waals surface area contributed by atoms with Gasteiger partial charge in [-0.05, 0) is 25.0 Å². The van der Waals surface area contributed by atoms with Gasteiger partial charge in [-0.1, -0.05) is 18.9 Å². The molecule has 7 nitrogen and oxygen atoms in total. The Morgan fingerprint density at radius 1 is 0.885 bits per heavy atom. The van der Waals surface area contributed by atoms with E-state index in [1.807, 2.05) is 23.1 Å². The first-order valence-corrected chi connectivity index (χ1v) is 9.39. The van der Waals surface area contributed by atoms with Crippen LogP contribution in [0.2, 0.25) is 0 Å². The van der Waals surface area contributed by atoms with Crippen molar-refractivity contribution >= 4 is 17.3 Å². The highest BCUT2D eigenvalue weighted by Crippen LogP contribution is 2.19. The van der Waals surface area contributed by atoms with Crippen LogP contribution in [0, 0.1) is 0 Å². The molecular weight excluding hydrogens is 332 g/mol. The van der Waals surface area contributed by atoms with Crippen molar-refractivity contribution < 1.29 is 14.3 Å². The largest absolute Gasteiger partial charge is 0.378 e. The van der Waals surface area contributed by atoms with Crippen LogP contribution in [0.5, 0.6) is 0 Å². The highest BCUT2D eigenvalue weighted by molar-refractivity contribution is 6.02. The van der Waals surface area contributed by atoms with Gasteiger partial charge in [-0.15, -0.1) is 0 Å². The number of likely N-dealkylation sites (tertiary alicyclic amines) is 1. The zero-order valence-corrected chi connectivity index (χ0v) is 14.9. The van der Waals surface area contributed by atoms with Crippen LogP contribution in [0.25, 0.3) is 5.52 Å². The van der Waals surface area contributed by atoms with E-state index in [0.717, 1.165) is 38.8 Å². The molecule has 0 bridgehead atoms. The van der Waals surface area contributed by atoms with E-state index in [-0.39, 0.29) is 11.8 Å². The topological polar surface area (TPSA) is 67.1 Å². The minimum Gasteiger partial charge on any atom is -0.378 e. The quantitative estimate of drug-likeness (QED) is 0.823. The Morgan fingerprint density at radius 3 is 2.31 bits per heavy atom. The van der Waals surface area contributed by atoms with Crippen molar-refractivity contribution in [3.8, 4) is 0 Å². The third kappa shape index (κ3) is 3.19. The predicted octanol–water partition coefficient (Wildman–Crippen LogP) is 1.82. The standard InChI is InChI=1S/C19H24N4O3/c24-18(21-8-4-1-2-5-9-21)16-15-7-3-6-10-23(15)17(20-16)19(25)22-11-13-26-14-12-22/h3,6-7,10H,1-2,4-5,8-9,11-14H2. The predicted molar refractivity (Wildman–Crippen MR) is 96.3 cm³/mol. The third-order valence-corrected chi connectivity index (χ3v) is 5.13. The number of carbonyl (C=O) groups excluding carboxylic acids is 2. The first-order valence-electron chi connectivity index (χ1n) is 9.39. The maximum Gasteiger partial charge on any atom is 0.290 e. The summed E-state index contributed by atoms with van der Waals surface area (Å²) < 4.78 is 7.06. The van der Waals surface area contributed by atoms with Gasteiger partial charge in [0.1, 0.15) is 0 Å². The van der Waals surface area contributed by atoms with E-state index in [4.69, 9.17) is 4.74 Å². The van der Waals surface area contributed by atoms with Gasteiger partial charge in [0, 0.05) is 32.4 Å². The lowest BCUT2D eigenvalue weighted by Gasteiger charge is -2.26. The van der Waals surface area contributed by atoms with Gasteiger partial charge in [-0.3, -0.25) is 14.0 Å². The molecule has 0 N–H and O–H groups in total. The van der Waals surface area contributed by atoms with Crippen molar-refractivity contribution in [2.75, 3.05) is 39.4 Å². The van der Waals surface area contributed by atoms with E-state index in [0.29, 0.717) is 43.3 Å². The SMILES string of the molecule is O=C(c1nc(C(=O)N2CCOCC2)n2ccccc12)N1CCCCCC1. The minimum absolute atomic E-state index is 0.0726. The number of amides is 2. The Labute approximate surface area is 152 Å². The molecule has 4 heterocycles. The number of aromatic nitrogens is 2. The molecule has 0 spiro atoms.